The number of amides is 1. The van der Waals surface area contributed by atoms with Crippen LogP contribution in [0.25, 0.3) is 0 Å². The van der Waals surface area contributed by atoms with Crippen molar-refractivity contribution in [3.05, 3.63) is 77.2 Å². The molecule has 6 nitrogen and oxygen atoms in total. The van der Waals surface area contributed by atoms with Crippen LogP contribution in [-0.2, 0) is 6.54 Å². The second-order valence-electron chi connectivity index (χ2n) is 5.45. The summed E-state index contributed by atoms with van der Waals surface area (Å²) >= 11 is 6.02. The minimum absolute atomic E-state index is 0.201. The molecule has 0 radical (unpaired) electrons. The lowest BCUT2D eigenvalue weighted by atomic mass is 10.2. The van der Waals surface area contributed by atoms with E-state index in [1.54, 1.807) is 49.8 Å². The van der Waals surface area contributed by atoms with Gasteiger partial charge >= 0.3 is 0 Å². The summed E-state index contributed by atoms with van der Waals surface area (Å²) in [7, 11) is 1.58. The number of nitrogens with one attached hydrogen (secondary N) is 2. The van der Waals surface area contributed by atoms with E-state index in [1.165, 1.54) is 6.20 Å². The van der Waals surface area contributed by atoms with Crippen molar-refractivity contribution in [1.29, 1.82) is 0 Å². The van der Waals surface area contributed by atoms with Crippen molar-refractivity contribution in [2.75, 3.05) is 12.4 Å². The van der Waals surface area contributed by atoms with Gasteiger partial charge < -0.3 is 15.4 Å². The predicted molar refractivity (Wildman–Crippen MR) is 101 cm³/mol. The van der Waals surface area contributed by atoms with E-state index in [0.29, 0.717) is 34.4 Å². The summed E-state index contributed by atoms with van der Waals surface area (Å²) in [6.45, 7) is 0.409. The zero-order valence-corrected chi connectivity index (χ0v) is 14.8. The van der Waals surface area contributed by atoms with Crippen LogP contribution in [-0.4, -0.2) is 23.0 Å². The Morgan fingerprint density at radius 3 is 2.77 bits per heavy atom. The van der Waals surface area contributed by atoms with E-state index in [9.17, 15) is 4.79 Å². The molecule has 0 spiro atoms. The first kappa shape index (κ1) is 17.7. The molecule has 2 N–H and O–H groups in total. The van der Waals surface area contributed by atoms with Gasteiger partial charge in [-0.1, -0.05) is 17.7 Å². The molecule has 0 atom stereocenters. The largest absolute Gasteiger partial charge is 0.495 e. The summed E-state index contributed by atoms with van der Waals surface area (Å²) in [5.74, 6) is 1.03. The van der Waals surface area contributed by atoms with E-state index in [1.807, 2.05) is 12.1 Å². The molecular weight excluding hydrogens is 352 g/mol. The van der Waals surface area contributed by atoms with Crippen LogP contribution in [0.2, 0.25) is 5.02 Å². The maximum atomic E-state index is 12.2. The van der Waals surface area contributed by atoms with Gasteiger partial charge in [0.15, 0.2) is 0 Å². The molecular formula is C19H17ClN4O2. The van der Waals surface area contributed by atoms with E-state index in [4.69, 9.17) is 16.3 Å². The molecule has 0 aliphatic carbocycles. The monoisotopic (exact) mass is 368 g/mol. The number of carbonyl (C=O) groups excluding carboxylic acids is 1. The fraction of sp³-hybridized carbons (Fsp3) is 0.105. The maximum Gasteiger partial charge on any atom is 0.253 e. The van der Waals surface area contributed by atoms with E-state index in [-0.39, 0.29) is 5.91 Å². The number of halogens is 1. The topological polar surface area (TPSA) is 76.1 Å². The highest BCUT2D eigenvalue weighted by Gasteiger charge is 2.08. The molecule has 0 saturated carbocycles. The minimum atomic E-state index is -0.201. The number of aromatic nitrogens is 2. The van der Waals surface area contributed by atoms with E-state index >= 15 is 0 Å². The van der Waals surface area contributed by atoms with Crippen LogP contribution >= 0.6 is 11.6 Å². The molecule has 0 unspecified atom stereocenters. The lowest BCUT2D eigenvalue weighted by Crippen LogP contribution is -2.22. The summed E-state index contributed by atoms with van der Waals surface area (Å²) in [6.07, 6.45) is 4.91. The SMILES string of the molecule is COc1ccc(Cl)cc1Nc1ccc(C(=O)NCc2cccnc2)cn1. The Labute approximate surface area is 156 Å². The average molecular weight is 369 g/mol. The van der Waals surface area contributed by atoms with Crippen molar-refractivity contribution in [2.24, 2.45) is 0 Å². The molecule has 2 aromatic heterocycles. The van der Waals surface area contributed by atoms with Gasteiger partial charge in [-0.3, -0.25) is 9.78 Å². The molecule has 0 bridgehead atoms. The average Bonchev–Trinajstić information content (AvgIpc) is 2.68. The third kappa shape index (κ3) is 4.49. The molecule has 0 aliphatic rings. The molecule has 132 valence electrons. The van der Waals surface area contributed by atoms with Gasteiger partial charge in [-0.05, 0) is 42.0 Å². The number of pyridine rings is 2. The molecule has 3 aromatic rings. The summed E-state index contributed by atoms with van der Waals surface area (Å²) in [6, 6.07) is 12.4. The van der Waals surface area contributed by atoms with Crippen molar-refractivity contribution < 1.29 is 9.53 Å². The number of anilines is 2. The van der Waals surface area contributed by atoms with Crippen LogP contribution in [0.1, 0.15) is 15.9 Å². The van der Waals surface area contributed by atoms with Crippen LogP contribution < -0.4 is 15.4 Å². The molecule has 3 rings (SSSR count). The van der Waals surface area contributed by atoms with Gasteiger partial charge in [0.25, 0.3) is 5.91 Å². The van der Waals surface area contributed by atoms with Gasteiger partial charge in [0, 0.05) is 30.2 Å². The quantitative estimate of drug-likeness (QED) is 0.691. The molecule has 1 aromatic carbocycles. The molecule has 1 amide bonds. The van der Waals surface area contributed by atoms with E-state index < -0.39 is 0 Å². The molecule has 0 fully saturated rings. The number of carbonyl (C=O) groups is 1. The third-order valence-electron chi connectivity index (χ3n) is 3.63. The summed E-state index contributed by atoms with van der Waals surface area (Å²) in [4.78, 5) is 20.5. The Kier molecular flexibility index (Phi) is 5.66. The fourth-order valence-electron chi connectivity index (χ4n) is 2.31. The van der Waals surface area contributed by atoms with Crippen LogP contribution in [0.5, 0.6) is 5.75 Å². The Balaban J connectivity index is 1.65. The van der Waals surface area contributed by atoms with Crippen molar-refractivity contribution in [3.63, 3.8) is 0 Å². The first-order chi connectivity index (χ1) is 12.7. The summed E-state index contributed by atoms with van der Waals surface area (Å²) in [5.41, 5.74) is 2.10. The lowest BCUT2D eigenvalue weighted by Gasteiger charge is -2.11. The highest BCUT2D eigenvalue weighted by atomic mass is 35.5. The first-order valence-corrected chi connectivity index (χ1v) is 8.27. The molecule has 0 aliphatic heterocycles. The second kappa shape index (κ2) is 8.31. The van der Waals surface area contributed by atoms with E-state index in [2.05, 4.69) is 20.6 Å². The number of benzene rings is 1. The van der Waals surface area contributed by atoms with Gasteiger partial charge in [-0.25, -0.2) is 4.98 Å². The zero-order chi connectivity index (χ0) is 18.4. The molecule has 26 heavy (non-hydrogen) atoms. The summed E-state index contributed by atoms with van der Waals surface area (Å²) < 4.78 is 5.29. The first-order valence-electron chi connectivity index (χ1n) is 7.89. The normalized spacial score (nSPS) is 10.2. The number of hydrogen-bond donors (Lipinski definition) is 2. The Morgan fingerprint density at radius 2 is 2.08 bits per heavy atom. The zero-order valence-electron chi connectivity index (χ0n) is 14.1. The third-order valence-corrected chi connectivity index (χ3v) is 3.86. The highest BCUT2D eigenvalue weighted by molar-refractivity contribution is 6.31. The number of methoxy groups -OCH3 is 1. The van der Waals surface area contributed by atoms with Gasteiger partial charge in [-0.15, -0.1) is 0 Å². The molecule has 0 saturated heterocycles. The number of nitrogens with zero attached hydrogens (tertiary/aromatic N) is 2. The van der Waals surface area contributed by atoms with Crippen molar-refractivity contribution in [2.45, 2.75) is 6.54 Å². The lowest BCUT2D eigenvalue weighted by molar-refractivity contribution is 0.0950. The van der Waals surface area contributed by atoms with Crippen LogP contribution in [0, 0.1) is 0 Å². The van der Waals surface area contributed by atoms with Gasteiger partial charge in [-0.2, -0.15) is 0 Å². The number of hydrogen-bond acceptors (Lipinski definition) is 5. The standard InChI is InChI=1S/C19H17ClN4O2/c1-26-17-6-5-15(20)9-16(17)24-18-7-4-14(12-22-18)19(25)23-11-13-3-2-8-21-10-13/h2-10,12H,11H2,1H3,(H,22,24)(H,23,25). The van der Waals surface area contributed by atoms with Crippen molar-refractivity contribution in [3.8, 4) is 5.75 Å². The van der Waals surface area contributed by atoms with Gasteiger partial charge in [0.05, 0.1) is 18.4 Å². The predicted octanol–water partition coefficient (Wildman–Crippen LogP) is 3.81. The van der Waals surface area contributed by atoms with Crippen LogP contribution in [0.15, 0.2) is 61.1 Å². The Bertz CT molecular complexity index is 886. The smallest absolute Gasteiger partial charge is 0.253 e. The molecule has 2 heterocycles. The van der Waals surface area contributed by atoms with Crippen molar-refractivity contribution >= 4 is 29.0 Å². The number of ether oxygens (including phenoxy) is 1. The second-order valence-corrected chi connectivity index (χ2v) is 5.88. The van der Waals surface area contributed by atoms with Crippen LogP contribution in [0.3, 0.4) is 0 Å². The highest BCUT2D eigenvalue weighted by Crippen LogP contribution is 2.29. The van der Waals surface area contributed by atoms with Gasteiger partial charge in [0.2, 0.25) is 0 Å². The minimum Gasteiger partial charge on any atom is -0.495 e. The molecule has 7 heteroatoms. The Hall–Kier alpha value is -3.12. The van der Waals surface area contributed by atoms with Gasteiger partial charge in [0.1, 0.15) is 11.6 Å². The Morgan fingerprint density at radius 1 is 1.19 bits per heavy atom. The van der Waals surface area contributed by atoms with Crippen molar-refractivity contribution in [1.82, 2.24) is 15.3 Å². The fourth-order valence-corrected chi connectivity index (χ4v) is 2.48. The van der Waals surface area contributed by atoms with E-state index in [0.717, 1.165) is 5.56 Å². The number of rotatable bonds is 6. The summed E-state index contributed by atoms with van der Waals surface area (Å²) in [5, 5.41) is 6.54. The van der Waals surface area contributed by atoms with Crippen LogP contribution in [0.4, 0.5) is 11.5 Å². The maximum absolute atomic E-state index is 12.2.